The van der Waals surface area contributed by atoms with Crippen LogP contribution in [-0.2, 0) is 0 Å². The first-order valence-electron chi connectivity index (χ1n) is 3.28. The second-order valence-electron chi connectivity index (χ2n) is 2.92. The van der Waals surface area contributed by atoms with E-state index in [1.165, 1.54) is 6.42 Å². The standard InChI is InChI=1S/C7H14S/c1-5(2)6-4-7(6)8-3/h5-7H,4H2,1-3H3. The van der Waals surface area contributed by atoms with E-state index in [9.17, 15) is 0 Å². The lowest BCUT2D eigenvalue weighted by molar-refractivity contribution is 0.566. The maximum atomic E-state index is 2.32. The highest BCUT2D eigenvalue weighted by Gasteiger charge is 2.38. The van der Waals surface area contributed by atoms with Crippen molar-refractivity contribution in [3.63, 3.8) is 0 Å². The molecule has 0 aliphatic heterocycles. The zero-order chi connectivity index (χ0) is 6.15. The molecule has 0 amide bonds. The highest BCUT2D eigenvalue weighted by atomic mass is 32.2. The fourth-order valence-electron chi connectivity index (χ4n) is 1.16. The molecule has 0 aromatic heterocycles. The van der Waals surface area contributed by atoms with Crippen LogP contribution < -0.4 is 0 Å². The highest BCUT2D eigenvalue weighted by molar-refractivity contribution is 7.99. The molecule has 1 saturated carbocycles. The van der Waals surface area contributed by atoms with Gasteiger partial charge in [0.1, 0.15) is 0 Å². The normalized spacial score (nSPS) is 36.0. The molecule has 1 aliphatic rings. The van der Waals surface area contributed by atoms with Gasteiger partial charge in [0.2, 0.25) is 0 Å². The minimum atomic E-state index is 0.924. The molecule has 1 heteroatoms. The Morgan fingerprint density at radius 1 is 1.50 bits per heavy atom. The highest BCUT2D eigenvalue weighted by Crippen LogP contribution is 2.44. The van der Waals surface area contributed by atoms with Crippen molar-refractivity contribution in [2.75, 3.05) is 6.26 Å². The van der Waals surface area contributed by atoms with Gasteiger partial charge in [-0.2, -0.15) is 11.8 Å². The van der Waals surface area contributed by atoms with Crippen molar-refractivity contribution in [3.05, 3.63) is 0 Å². The summed E-state index contributed by atoms with van der Waals surface area (Å²) in [6.45, 7) is 4.64. The van der Waals surface area contributed by atoms with E-state index in [-0.39, 0.29) is 0 Å². The predicted octanol–water partition coefficient (Wildman–Crippen LogP) is 2.39. The van der Waals surface area contributed by atoms with Crippen molar-refractivity contribution in [2.45, 2.75) is 25.5 Å². The van der Waals surface area contributed by atoms with Crippen molar-refractivity contribution < 1.29 is 0 Å². The van der Waals surface area contributed by atoms with Crippen LogP contribution in [0.2, 0.25) is 0 Å². The van der Waals surface area contributed by atoms with Crippen LogP contribution in [0.5, 0.6) is 0 Å². The molecule has 48 valence electrons. The maximum Gasteiger partial charge on any atom is 0.00785 e. The molecule has 2 atom stereocenters. The number of hydrogen-bond acceptors (Lipinski definition) is 1. The SMILES string of the molecule is CSC1CC1C(C)C. The van der Waals surface area contributed by atoms with E-state index in [0.717, 1.165) is 17.1 Å². The molecule has 0 bridgehead atoms. The minimum Gasteiger partial charge on any atom is -0.162 e. The molecular weight excluding hydrogens is 116 g/mol. The van der Waals surface area contributed by atoms with Gasteiger partial charge in [0.25, 0.3) is 0 Å². The van der Waals surface area contributed by atoms with Crippen molar-refractivity contribution >= 4 is 11.8 Å². The van der Waals surface area contributed by atoms with Gasteiger partial charge in [-0.05, 0) is 24.5 Å². The Balaban J connectivity index is 2.16. The molecule has 0 aromatic carbocycles. The van der Waals surface area contributed by atoms with E-state index in [1.807, 2.05) is 11.8 Å². The van der Waals surface area contributed by atoms with Gasteiger partial charge in [0.15, 0.2) is 0 Å². The lowest BCUT2D eigenvalue weighted by Crippen LogP contribution is -1.91. The maximum absolute atomic E-state index is 2.32. The van der Waals surface area contributed by atoms with Crippen molar-refractivity contribution in [2.24, 2.45) is 11.8 Å². The van der Waals surface area contributed by atoms with Gasteiger partial charge in [-0.1, -0.05) is 13.8 Å². The average Bonchev–Trinajstić information content (AvgIpc) is 2.42. The number of rotatable bonds is 2. The summed E-state index contributed by atoms with van der Waals surface area (Å²) in [6, 6.07) is 0. The minimum absolute atomic E-state index is 0.924. The summed E-state index contributed by atoms with van der Waals surface area (Å²) >= 11 is 2.03. The smallest absolute Gasteiger partial charge is 0.00785 e. The Labute approximate surface area is 56.0 Å². The molecule has 0 radical (unpaired) electrons. The van der Waals surface area contributed by atoms with E-state index >= 15 is 0 Å². The number of thioether (sulfide) groups is 1. The van der Waals surface area contributed by atoms with Gasteiger partial charge in [-0.25, -0.2) is 0 Å². The second-order valence-corrected chi connectivity index (χ2v) is 3.99. The Hall–Kier alpha value is 0.350. The zero-order valence-electron chi connectivity index (χ0n) is 5.85. The Morgan fingerprint density at radius 2 is 2.12 bits per heavy atom. The predicted molar refractivity (Wildman–Crippen MR) is 40.2 cm³/mol. The topological polar surface area (TPSA) is 0 Å². The Morgan fingerprint density at radius 3 is 2.25 bits per heavy atom. The van der Waals surface area contributed by atoms with Gasteiger partial charge in [-0.3, -0.25) is 0 Å². The first-order chi connectivity index (χ1) is 3.75. The molecular formula is C7H14S. The van der Waals surface area contributed by atoms with Crippen molar-refractivity contribution in [1.82, 2.24) is 0 Å². The lowest BCUT2D eigenvalue weighted by Gasteiger charge is -1.98. The average molecular weight is 130 g/mol. The third kappa shape index (κ3) is 1.19. The summed E-state index contributed by atoms with van der Waals surface area (Å²) in [5, 5.41) is 1.01. The summed E-state index contributed by atoms with van der Waals surface area (Å²) in [5.41, 5.74) is 0. The van der Waals surface area contributed by atoms with Crippen molar-refractivity contribution in [1.29, 1.82) is 0 Å². The van der Waals surface area contributed by atoms with E-state index in [0.29, 0.717) is 0 Å². The molecule has 1 rings (SSSR count). The Kier molecular flexibility index (Phi) is 1.86. The first-order valence-corrected chi connectivity index (χ1v) is 4.57. The van der Waals surface area contributed by atoms with Crippen LogP contribution in [0.1, 0.15) is 20.3 Å². The number of hydrogen-bond donors (Lipinski definition) is 0. The fraction of sp³-hybridized carbons (Fsp3) is 1.00. The quantitative estimate of drug-likeness (QED) is 0.553. The lowest BCUT2D eigenvalue weighted by atomic mass is 10.1. The molecule has 1 fully saturated rings. The molecule has 0 nitrogen and oxygen atoms in total. The Bertz CT molecular complexity index is 78.5. The summed E-state index contributed by atoms with van der Waals surface area (Å²) in [5.74, 6) is 1.97. The molecule has 0 spiro atoms. The molecule has 2 unspecified atom stereocenters. The largest absolute Gasteiger partial charge is 0.162 e. The van der Waals surface area contributed by atoms with Gasteiger partial charge in [0.05, 0.1) is 0 Å². The van der Waals surface area contributed by atoms with E-state index in [4.69, 9.17) is 0 Å². The molecule has 0 N–H and O–H groups in total. The van der Waals surface area contributed by atoms with Crippen LogP contribution in [0.3, 0.4) is 0 Å². The van der Waals surface area contributed by atoms with E-state index < -0.39 is 0 Å². The molecule has 0 aromatic rings. The summed E-state index contributed by atoms with van der Waals surface area (Å²) in [4.78, 5) is 0. The molecule has 0 saturated heterocycles. The molecule has 1 aliphatic carbocycles. The van der Waals surface area contributed by atoms with Gasteiger partial charge in [-0.15, -0.1) is 0 Å². The van der Waals surface area contributed by atoms with Crippen molar-refractivity contribution in [3.8, 4) is 0 Å². The van der Waals surface area contributed by atoms with E-state index in [2.05, 4.69) is 20.1 Å². The second kappa shape index (κ2) is 2.30. The summed E-state index contributed by atoms with van der Waals surface area (Å²) < 4.78 is 0. The van der Waals surface area contributed by atoms with Gasteiger partial charge >= 0.3 is 0 Å². The third-order valence-electron chi connectivity index (χ3n) is 1.94. The first kappa shape index (κ1) is 6.47. The zero-order valence-corrected chi connectivity index (χ0v) is 6.66. The summed E-state index contributed by atoms with van der Waals surface area (Å²) in [6.07, 6.45) is 3.69. The van der Waals surface area contributed by atoms with Crippen LogP contribution >= 0.6 is 11.8 Å². The molecule has 0 heterocycles. The summed E-state index contributed by atoms with van der Waals surface area (Å²) in [7, 11) is 0. The molecule has 8 heavy (non-hydrogen) atoms. The third-order valence-corrected chi connectivity index (χ3v) is 3.09. The van der Waals surface area contributed by atoms with Crippen LogP contribution in [0, 0.1) is 11.8 Å². The van der Waals surface area contributed by atoms with Crippen LogP contribution in [0.15, 0.2) is 0 Å². The van der Waals surface area contributed by atoms with E-state index in [1.54, 1.807) is 0 Å². The fourth-order valence-corrected chi connectivity index (χ4v) is 2.24. The van der Waals surface area contributed by atoms with Crippen LogP contribution in [0.4, 0.5) is 0 Å². The van der Waals surface area contributed by atoms with Crippen LogP contribution in [0.25, 0.3) is 0 Å². The van der Waals surface area contributed by atoms with Crippen LogP contribution in [-0.4, -0.2) is 11.5 Å². The van der Waals surface area contributed by atoms with Gasteiger partial charge in [0, 0.05) is 5.25 Å². The van der Waals surface area contributed by atoms with Gasteiger partial charge < -0.3 is 0 Å². The monoisotopic (exact) mass is 130 g/mol.